The normalized spacial score (nSPS) is 11.2. The molecule has 0 aromatic carbocycles. The van der Waals surface area contributed by atoms with Crippen molar-refractivity contribution in [2.45, 2.75) is 25.0 Å². The molecule has 2 rings (SSSR count). The number of carboxylic acids is 1. The number of thiophene rings is 1. The van der Waals surface area contributed by atoms with Gasteiger partial charge in [-0.05, 0) is 41.9 Å². The minimum absolute atomic E-state index is 0.0149. The van der Waals surface area contributed by atoms with E-state index < -0.39 is 5.97 Å². The van der Waals surface area contributed by atoms with E-state index in [-0.39, 0.29) is 11.8 Å². The van der Waals surface area contributed by atoms with Crippen LogP contribution in [0.15, 0.2) is 21.1 Å². The molecular weight excluding hydrogens is 350 g/mol. The number of aliphatic carboxylic acids is 1. The second kappa shape index (κ2) is 6.06. The first kappa shape index (κ1) is 14.5. The molecule has 2 aromatic heterocycles. The maximum atomic E-state index is 10.7. The maximum absolute atomic E-state index is 10.7. The van der Waals surface area contributed by atoms with Crippen LogP contribution in [0, 0.1) is 0 Å². The first-order valence-electron chi connectivity index (χ1n) is 5.54. The summed E-state index contributed by atoms with van der Waals surface area (Å²) in [7, 11) is 0. The van der Waals surface area contributed by atoms with Crippen molar-refractivity contribution in [3.05, 3.63) is 15.9 Å². The highest BCUT2D eigenvalue weighted by atomic mass is 79.9. The summed E-state index contributed by atoms with van der Waals surface area (Å²) in [6.45, 7) is 4.06. The molecule has 0 spiro atoms. The number of thioether (sulfide) groups is 1. The molecule has 2 heterocycles. The van der Waals surface area contributed by atoms with Crippen LogP contribution >= 0.6 is 39.0 Å². The largest absolute Gasteiger partial charge is 0.481 e. The minimum Gasteiger partial charge on any atom is -0.481 e. The third-order valence-corrected chi connectivity index (χ3v) is 4.85. The van der Waals surface area contributed by atoms with Crippen LogP contribution in [0.5, 0.6) is 0 Å². The molecule has 0 saturated carbocycles. The first-order chi connectivity index (χ1) is 8.99. The van der Waals surface area contributed by atoms with Gasteiger partial charge in [-0.3, -0.25) is 9.36 Å². The zero-order valence-electron chi connectivity index (χ0n) is 10.3. The number of hydrogen-bond donors (Lipinski definition) is 1. The van der Waals surface area contributed by atoms with Crippen LogP contribution in [0.1, 0.15) is 19.9 Å². The lowest BCUT2D eigenvalue weighted by atomic mass is 10.3. The Labute approximate surface area is 127 Å². The fourth-order valence-corrected chi connectivity index (χ4v) is 3.73. The molecule has 0 bridgehead atoms. The van der Waals surface area contributed by atoms with Gasteiger partial charge in [-0.15, -0.1) is 21.5 Å². The molecule has 0 fully saturated rings. The van der Waals surface area contributed by atoms with Gasteiger partial charge in [0.1, 0.15) is 0 Å². The van der Waals surface area contributed by atoms with Crippen molar-refractivity contribution >= 4 is 45.0 Å². The smallest absolute Gasteiger partial charge is 0.313 e. The van der Waals surface area contributed by atoms with E-state index in [0.29, 0.717) is 5.16 Å². The number of halogens is 1. The summed E-state index contributed by atoms with van der Waals surface area (Å²) >= 11 is 6.19. The molecular formula is C11H12BrN3O2S2. The number of hydrogen-bond acceptors (Lipinski definition) is 5. The van der Waals surface area contributed by atoms with Crippen LogP contribution in [0.4, 0.5) is 0 Å². The van der Waals surface area contributed by atoms with Gasteiger partial charge >= 0.3 is 5.97 Å². The van der Waals surface area contributed by atoms with Gasteiger partial charge in [0.25, 0.3) is 0 Å². The fraction of sp³-hybridized carbons (Fsp3) is 0.364. The summed E-state index contributed by atoms with van der Waals surface area (Å²) in [4.78, 5) is 11.7. The van der Waals surface area contributed by atoms with Crippen molar-refractivity contribution in [1.82, 2.24) is 14.8 Å². The van der Waals surface area contributed by atoms with Gasteiger partial charge in [-0.25, -0.2) is 0 Å². The molecule has 0 aliphatic rings. The Balaban J connectivity index is 2.37. The Bertz CT molecular complexity index is 595. The highest BCUT2D eigenvalue weighted by molar-refractivity contribution is 9.11. The molecule has 19 heavy (non-hydrogen) atoms. The summed E-state index contributed by atoms with van der Waals surface area (Å²) in [5, 5.41) is 17.7. The molecule has 1 N–H and O–H groups in total. The molecule has 8 heteroatoms. The first-order valence-corrected chi connectivity index (χ1v) is 8.13. The van der Waals surface area contributed by atoms with Gasteiger partial charge in [0.05, 0.1) is 14.4 Å². The molecule has 0 atom stereocenters. The average molecular weight is 362 g/mol. The summed E-state index contributed by atoms with van der Waals surface area (Å²) in [6, 6.07) is 4.11. The molecule has 0 aliphatic heterocycles. The minimum atomic E-state index is -0.858. The van der Waals surface area contributed by atoms with Crippen molar-refractivity contribution in [3.63, 3.8) is 0 Å². The Morgan fingerprint density at radius 2 is 2.26 bits per heavy atom. The Morgan fingerprint density at radius 1 is 1.53 bits per heavy atom. The molecule has 0 aliphatic carbocycles. The summed E-state index contributed by atoms with van der Waals surface area (Å²) < 4.78 is 2.99. The van der Waals surface area contributed by atoms with E-state index in [1.54, 1.807) is 11.3 Å². The van der Waals surface area contributed by atoms with Crippen molar-refractivity contribution < 1.29 is 9.90 Å². The molecule has 0 unspecified atom stereocenters. The zero-order valence-corrected chi connectivity index (χ0v) is 13.5. The third kappa shape index (κ3) is 3.37. The van der Waals surface area contributed by atoms with E-state index >= 15 is 0 Å². The number of nitrogens with zero attached hydrogens (tertiary/aromatic N) is 3. The molecule has 2 aromatic rings. The summed E-state index contributed by atoms with van der Waals surface area (Å²) in [5.74, 6) is -0.0961. The van der Waals surface area contributed by atoms with Gasteiger partial charge in [0.2, 0.25) is 0 Å². The predicted molar refractivity (Wildman–Crippen MR) is 79.8 cm³/mol. The summed E-state index contributed by atoms with van der Waals surface area (Å²) in [5.41, 5.74) is 0. The number of rotatable bonds is 5. The Kier molecular flexibility index (Phi) is 4.64. The van der Waals surface area contributed by atoms with Gasteiger partial charge in [-0.2, -0.15) is 0 Å². The fourth-order valence-electron chi connectivity index (χ4n) is 1.57. The van der Waals surface area contributed by atoms with Crippen LogP contribution in [-0.4, -0.2) is 31.6 Å². The summed E-state index contributed by atoms with van der Waals surface area (Å²) in [6.07, 6.45) is 0. The standard InChI is InChI=1S/C11H12BrN3O2S2/c1-6(2)15-10(7-3-4-8(12)19-7)13-14-11(15)18-5-9(16)17/h3-4,6H,5H2,1-2H3,(H,16,17). The molecule has 0 saturated heterocycles. The van der Waals surface area contributed by atoms with Gasteiger partial charge < -0.3 is 5.11 Å². The van der Waals surface area contributed by atoms with Gasteiger partial charge in [0, 0.05) is 6.04 Å². The highest BCUT2D eigenvalue weighted by Crippen LogP contribution is 2.33. The number of aromatic nitrogens is 3. The lowest BCUT2D eigenvalue weighted by molar-refractivity contribution is -0.133. The SMILES string of the molecule is CC(C)n1c(SCC(=O)O)nnc1-c1ccc(Br)s1. The topological polar surface area (TPSA) is 68.0 Å². The second-order valence-corrected chi connectivity index (χ2v) is 7.46. The van der Waals surface area contributed by atoms with Crippen LogP contribution in [0.2, 0.25) is 0 Å². The van der Waals surface area contributed by atoms with Crippen LogP contribution in [0.25, 0.3) is 10.7 Å². The van der Waals surface area contributed by atoms with Crippen LogP contribution in [-0.2, 0) is 4.79 Å². The van der Waals surface area contributed by atoms with Gasteiger partial charge in [0.15, 0.2) is 11.0 Å². The lowest BCUT2D eigenvalue weighted by Crippen LogP contribution is -2.06. The maximum Gasteiger partial charge on any atom is 0.313 e. The molecule has 0 amide bonds. The number of carboxylic acid groups (broad SMARTS) is 1. The van der Waals surface area contributed by atoms with Crippen molar-refractivity contribution in [2.75, 3.05) is 5.75 Å². The van der Waals surface area contributed by atoms with E-state index in [1.807, 2.05) is 30.5 Å². The molecule has 5 nitrogen and oxygen atoms in total. The third-order valence-electron chi connectivity index (χ3n) is 2.30. The van der Waals surface area contributed by atoms with Crippen LogP contribution in [0.3, 0.4) is 0 Å². The Morgan fingerprint density at radius 3 is 2.79 bits per heavy atom. The lowest BCUT2D eigenvalue weighted by Gasteiger charge is -2.12. The molecule has 102 valence electrons. The second-order valence-electron chi connectivity index (χ2n) is 4.06. The quantitative estimate of drug-likeness (QED) is 0.825. The Hall–Kier alpha value is -0.860. The average Bonchev–Trinajstić information content (AvgIpc) is 2.91. The van der Waals surface area contributed by atoms with Gasteiger partial charge in [-0.1, -0.05) is 11.8 Å². The predicted octanol–water partition coefficient (Wildman–Crippen LogP) is 3.53. The van der Waals surface area contributed by atoms with Crippen molar-refractivity contribution in [3.8, 4) is 10.7 Å². The highest BCUT2D eigenvalue weighted by Gasteiger charge is 2.18. The molecule has 0 radical (unpaired) electrons. The van der Waals surface area contributed by atoms with E-state index in [4.69, 9.17) is 5.11 Å². The number of carbonyl (C=O) groups is 1. The van der Waals surface area contributed by atoms with E-state index in [9.17, 15) is 4.79 Å². The van der Waals surface area contributed by atoms with E-state index in [1.165, 1.54) is 11.8 Å². The van der Waals surface area contributed by atoms with Crippen molar-refractivity contribution in [2.24, 2.45) is 0 Å². The zero-order chi connectivity index (χ0) is 14.0. The monoisotopic (exact) mass is 361 g/mol. The van der Waals surface area contributed by atoms with Crippen molar-refractivity contribution in [1.29, 1.82) is 0 Å². The van der Waals surface area contributed by atoms with E-state index in [0.717, 1.165) is 14.5 Å². The van der Waals surface area contributed by atoms with Crippen LogP contribution < -0.4 is 0 Å². The van der Waals surface area contributed by atoms with E-state index in [2.05, 4.69) is 26.1 Å².